The van der Waals surface area contributed by atoms with Gasteiger partial charge in [0.2, 0.25) is 0 Å². The first-order valence-corrected chi connectivity index (χ1v) is 7.72. The van der Waals surface area contributed by atoms with Crippen LogP contribution in [0.4, 0.5) is 5.69 Å². The van der Waals surface area contributed by atoms with Crippen LogP contribution in [0.15, 0.2) is 29.2 Å². The Morgan fingerprint density at radius 3 is 2.24 bits per heavy atom. The number of nitriles is 1. The molecule has 2 aromatic rings. The fourth-order valence-electron chi connectivity index (χ4n) is 1.47. The van der Waals surface area contributed by atoms with Gasteiger partial charge in [-0.25, -0.2) is 0 Å². The Bertz CT molecular complexity index is 746. The van der Waals surface area contributed by atoms with E-state index in [0.717, 1.165) is 11.8 Å². The number of anilines is 1. The molecule has 0 unspecified atom stereocenters. The third kappa shape index (κ3) is 3.82. The monoisotopic (exact) mass is 378 g/mol. The Hall–Kier alpha value is -0.960. The lowest BCUT2D eigenvalue weighted by molar-refractivity contribution is 0.484. The first-order valence-electron chi connectivity index (χ1n) is 5.39. The SMILES string of the molecule is N#CSc1cc(Oc2cc(Cl)c(Cl)cc2Cl)c(N)cc1Cl. The van der Waals surface area contributed by atoms with Crippen LogP contribution in [0.1, 0.15) is 0 Å². The molecule has 0 radical (unpaired) electrons. The molecule has 2 N–H and O–H groups in total. The average molecular weight is 380 g/mol. The quantitative estimate of drug-likeness (QED) is 0.296. The third-order valence-corrected chi connectivity index (χ3v) is 4.51. The van der Waals surface area contributed by atoms with E-state index in [4.69, 9.17) is 62.1 Å². The molecule has 0 aliphatic rings. The van der Waals surface area contributed by atoms with Crippen molar-refractivity contribution in [2.75, 3.05) is 5.73 Å². The van der Waals surface area contributed by atoms with E-state index in [0.29, 0.717) is 37.1 Å². The maximum atomic E-state index is 8.73. The molecule has 0 heterocycles. The molecule has 0 fully saturated rings. The molecule has 8 heteroatoms. The van der Waals surface area contributed by atoms with Gasteiger partial charge in [0.25, 0.3) is 0 Å². The zero-order valence-electron chi connectivity index (χ0n) is 10.2. The van der Waals surface area contributed by atoms with E-state index in [2.05, 4.69) is 0 Å². The Kier molecular flexibility index (Phi) is 5.37. The number of ether oxygens (including phenoxy) is 1. The van der Waals surface area contributed by atoms with Crippen LogP contribution in [-0.2, 0) is 0 Å². The summed E-state index contributed by atoms with van der Waals surface area (Å²) in [5.41, 5.74) is 6.16. The summed E-state index contributed by atoms with van der Waals surface area (Å²) < 4.78 is 5.64. The Morgan fingerprint density at radius 1 is 0.905 bits per heavy atom. The van der Waals surface area contributed by atoms with Gasteiger partial charge >= 0.3 is 0 Å². The van der Waals surface area contributed by atoms with Gasteiger partial charge in [-0.3, -0.25) is 0 Å². The van der Waals surface area contributed by atoms with E-state index < -0.39 is 0 Å². The summed E-state index contributed by atoms with van der Waals surface area (Å²) in [6, 6.07) is 6.02. The molecule has 3 nitrogen and oxygen atoms in total. The van der Waals surface area contributed by atoms with E-state index in [-0.39, 0.29) is 5.02 Å². The number of nitrogens with two attached hydrogens (primary N) is 1. The molecule has 108 valence electrons. The molecular formula is C13H6Cl4N2OS. The van der Waals surface area contributed by atoms with Gasteiger partial charge in [0.15, 0.2) is 5.75 Å². The molecular weight excluding hydrogens is 374 g/mol. The molecule has 21 heavy (non-hydrogen) atoms. The van der Waals surface area contributed by atoms with Gasteiger partial charge in [0.05, 0.1) is 25.8 Å². The summed E-state index contributed by atoms with van der Waals surface area (Å²) in [6.07, 6.45) is 0. The second-order valence-electron chi connectivity index (χ2n) is 3.81. The molecule has 0 aromatic heterocycles. The largest absolute Gasteiger partial charge is 0.454 e. The standard InChI is InChI=1S/C13H6Cl4N2OS/c14-6-1-8(16)11(3-7(6)15)20-12-4-13(21-5-18)9(17)2-10(12)19/h1-4H,19H2. The van der Waals surface area contributed by atoms with Crippen LogP contribution in [0, 0.1) is 10.7 Å². The summed E-state index contributed by atoms with van der Waals surface area (Å²) in [6.45, 7) is 0. The van der Waals surface area contributed by atoms with Crippen LogP contribution in [0.2, 0.25) is 20.1 Å². The molecule has 0 aliphatic carbocycles. The number of nitrogens with zero attached hydrogens (tertiary/aromatic N) is 1. The third-order valence-electron chi connectivity index (χ3n) is 2.41. The fraction of sp³-hybridized carbons (Fsp3) is 0. The van der Waals surface area contributed by atoms with Gasteiger partial charge in [-0.05, 0) is 30.0 Å². The zero-order valence-corrected chi connectivity index (χ0v) is 14.0. The van der Waals surface area contributed by atoms with Crippen molar-refractivity contribution in [2.45, 2.75) is 4.90 Å². The van der Waals surface area contributed by atoms with Crippen LogP contribution in [0.5, 0.6) is 11.5 Å². The van der Waals surface area contributed by atoms with Gasteiger partial charge < -0.3 is 10.5 Å². The maximum absolute atomic E-state index is 8.73. The van der Waals surface area contributed by atoms with Gasteiger partial charge in [-0.2, -0.15) is 5.26 Å². The summed E-state index contributed by atoms with van der Waals surface area (Å²) in [7, 11) is 0. The van der Waals surface area contributed by atoms with Gasteiger partial charge in [0.1, 0.15) is 11.2 Å². The van der Waals surface area contributed by atoms with E-state index in [1.54, 1.807) is 6.07 Å². The number of hydrogen-bond acceptors (Lipinski definition) is 4. The molecule has 0 atom stereocenters. The molecule has 0 saturated heterocycles. The van der Waals surface area contributed by atoms with E-state index in [1.165, 1.54) is 18.2 Å². The summed E-state index contributed by atoms with van der Waals surface area (Å²) in [4.78, 5) is 0.527. The second kappa shape index (κ2) is 6.87. The van der Waals surface area contributed by atoms with Gasteiger partial charge in [-0.15, -0.1) is 0 Å². The number of halogens is 4. The minimum absolute atomic E-state index is 0.285. The predicted octanol–water partition coefficient (Wildman–Crippen LogP) is 6.25. The first kappa shape index (κ1) is 16.4. The van der Waals surface area contributed by atoms with Crippen LogP contribution >= 0.6 is 58.2 Å². The Morgan fingerprint density at radius 2 is 1.57 bits per heavy atom. The molecule has 2 aromatic carbocycles. The minimum atomic E-state index is 0.285. The van der Waals surface area contributed by atoms with Crippen LogP contribution in [0.3, 0.4) is 0 Å². The van der Waals surface area contributed by atoms with Crippen molar-refractivity contribution < 1.29 is 4.74 Å². The summed E-state index contributed by atoms with van der Waals surface area (Å²) in [5, 5.41) is 11.9. The molecule has 0 bridgehead atoms. The van der Waals surface area contributed by atoms with Crippen molar-refractivity contribution >= 4 is 63.9 Å². The lowest BCUT2D eigenvalue weighted by atomic mass is 10.3. The van der Waals surface area contributed by atoms with Gasteiger partial charge in [-0.1, -0.05) is 46.4 Å². The Labute approximate surface area is 145 Å². The van der Waals surface area contributed by atoms with Crippen LogP contribution < -0.4 is 10.5 Å². The van der Waals surface area contributed by atoms with E-state index in [9.17, 15) is 0 Å². The predicted molar refractivity (Wildman–Crippen MR) is 88.9 cm³/mol. The van der Waals surface area contributed by atoms with Crippen molar-refractivity contribution in [2.24, 2.45) is 0 Å². The van der Waals surface area contributed by atoms with Crippen LogP contribution in [0.25, 0.3) is 0 Å². The van der Waals surface area contributed by atoms with Crippen LogP contribution in [-0.4, -0.2) is 0 Å². The number of thiocyanates is 1. The topological polar surface area (TPSA) is 59.0 Å². The number of thioether (sulfide) groups is 1. The molecule has 2 rings (SSSR count). The van der Waals surface area contributed by atoms with Crippen molar-refractivity contribution in [1.29, 1.82) is 5.26 Å². The highest BCUT2D eigenvalue weighted by molar-refractivity contribution is 8.03. The van der Waals surface area contributed by atoms with Crippen molar-refractivity contribution in [3.63, 3.8) is 0 Å². The highest BCUT2D eigenvalue weighted by Crippen LogP contribution is 2.40. The van der Waals surface area contributed by atoms with Gasteiger partial charge in [0, 0.05) is 11.0 Å². The van der Waals surface area contributed by atoms with Crippen molar-refractivity contribution in [1.82, 2.24) is 0 Å². The highest BCUT2D eigenvalue weighted by atomic mass is 35.5. The normalized spacial score (nSPS) is 10.2. The number of nitrogen functional groups attached to an aromatic ring is 1. The second-order valence-corrected chi connectivity index (χ2v) is 6.27. The number of hydrogen-bond donors (Lipinski definition) is 1. The fourth-order valence-corrected chi connectivity index (χ4v) is 2.75. The molecule has 0 saturated carbocycles. The maximum Gasteiger partial charge on any atom is 0.151 e. The lowest BCUT2D eigenvalue weighted by Gasteiger charge is -2.12. The summed E-state index contributed by atoms with van der Waals surface area (Å²) >= 11 is 24.7. The molecule has 0 spiro atoms. The lowest BCUT2D eigenvalue weighted by Crippen LogP contribution is -1.94. The van der Waals surface area contributed by atoms with E-state index in [1.807, 2.05) is 5.40 Å². The average Bonchev–Trinajstić information content (AvgIpc) is 2.41. The van der Waals surface area contributed by atoms with E-state index >= 15 is 0 Å². The number of rotatable bonds is 3. The highest BCUT2D eigenvalue weighted by Gasteiger charge is 2.13. The first-order chi connectivity index (χ1) is 9.92. The van der Waals surface area contributed by atoms with Crippen molar-refractivity contribution in [3.8, 4) is 16.9 Å². The minimum Gasteiger partial charge on any atom is -0.454 e. The summed E-state index contributed by atoms with van der Waals surface area (Å²) in [5.74, 6) is 0.616. The van der Waals surface area contributed by atoms with Crippen molar-refractivity contribution in [3.05, 3.63) is 44.4 Å². The Balaban J connectivity index is 2.42. The number of benzene rings is 2. The molecule has 0 aliphatic heterocycles. The molecule has 0 amide bonds. The zero-order chi connectivity index (χ0) is 15.6. The smallest absolute Gasteiger partial charge is 0.151 e.